The number of anilines is 1. The van der Waals surface area contributed by atoms with Gasteiger partial charge in [0.2, 0.25) is 0 Å². The van der Waals surface area contributed by atoms with E-state index in [0.29, 0.717) is 0 Å². The van der Waals surface area contributed by atoms with Crippen LogP contribution in [0.25, 0.3) is 71.1 Å². The topological polar surface area (TPSA) is 46.4 Å². The summed E-state index contributed by atoms with van der Waals surface area (Å²) in [6, 6.07) is 39.5. The summed E-state index contributed by atoms with van der Waals surface area (Å²) in [5.41, 5.74) is 8.90. The van der Waals surface area contributed by atoms with Gasteiger partial charge in [0, 0.05) is 17.3 Å². The number of rotatable bonds is 0. The standard InChI is InChI=1S/C22H12N3.C16H12N2.Ir/c1-2-5-14-11-18-15(10-13(14)4-1)7-8-16-17-6-3-9-23-20(17)22-21(19(16)18)24-12-25-22;1-17-10-16-14-8-3-2-6-12(14)13-7-4-5-9-15(13)18(16)11-17;/h1-12H;2-8,10-11H,1H3;/q-1;-2;+3. The van der Waals surface area contributed by atoms with Crippen molar-refractivity contribution in [1.29, 1.82) is 0 Å². The molecule has 0 radical (unpaired) electrons. The molecule has 0 aliphatic carbocycles. The van der Waals surface area contributed by atoms with Gasteiger partial charge in [-0.3, -0.25) is 4.98 Å². The second-order valence-electron chi connectivity index (χ2n) is 11.0. The second kappa shape index (κ2) is 10.3. The van der Waals surface area contributed by atoms with Crippen LogP contribution in [-0.4, -0.2) is 21.9 Å². The number of imidazole rings is 1. The maximum atomic E-state index is 4.58. The van der Waals surface area contributed by atoms with Gasteiger partial charge >= 0.3 is 20.1 Å². The van der Waals surface area contributed by atoms with Crippen LogP contribution in [-0.2, 0) is 20.1 Å². The molecular formula is C38H24IrN5. The molecule has 0 saturated heterocycles. The molecule has 2 aliphatic heterocycles. The molecule has 2 aromatic heterocycles. The van der Waals surface area contributed by atoms with E-state index >= 15 is 0 Å². The zero-order valence-electron chi connectivity index (χ0n) is 23.7. The van der Waals surface area contributed by atoms with Crippen LogP contribution in [0.5, 0.6) is 0 Å². The molecule has 5 nitrogen and oxygen atoms in total. The minimum absolute atomic E-state index is 0. The van der Waals surface area contributed by atoms with Crippen molar-refractivity contribution in [3.05, 3.63) is 140 Å². The summed E-state index contributed by atoms with van der Waals surface area (Å²) in [5.74, 6) is 0. The summed E-state index contributed by atoms with van der Waals surface area (Å²) >= 11 is 0. The van der Waals surface area contributed by atoms with E-state index in [1.54, 1.807) is 6.33 Å². The van der Waals surface area contributed by atoms with Crippen molar-refractivity contribution in [2.24, 2.45) is 0 Å². The number of nitrogens with zero attached hydrogens (tertiary/aromatic N) is 5. The number of hydrogen-bond acceptors (Lipinski definition) is 4. The molecule has 6 heteroatoms. The molecule has 4 heterocycles. The third-order valence-corrected chi connectivity index (χ3v) is 8.49. The summed E-state index contributed by atoms with van der Waals surface area (Å²) in [7, 11) is 2.05. The third-order valence-electron chi connectivity index (χ3n) is 8.49. The Balaban J connectivity index is 0.000000135. The van der Waals surface area contributed by atoms with E-state index in [0.717, 1.165) is 33.0 Å². The normalized spacial score (nSPS) is 13.3. The number of hydrogen-bond donors (Lipinski definition) is 0. The van der Waals surface area contributed by atoms with Crippen molar-refractivity contribution in [3.63, 3.8) is 0 Å². The molecule has 0 unspecified atom stereocenters. The predicted octanol–water partition coefficient (Wildman–Crippen LogP) is 8.53. The van der Waals surface area contributed by atoms with Crippen LogP contribution in [0.1, 0.15) is 5.56 Å². The van der Waals surface area contributed by atoms with Gasteiger partial charge in [-0.1, -0.05) is 84.3 Å². The van der Waals surface area contributed by atoms with Gasteiger partial charge in [0.15, 0.2) is 0 Å². The first-order valence-electron chi connectivity index (χ1n) is 14.3. The van der Waals surface area contributed by atoms with Crippen LogP contribution < -0.4 is 9.88 Å². The molecule has 210 valence electrons. The molecule has 0 bridgehead atoms. The Morgan fingerprint density at radius 3 is 2.39 bits per heavy atom. The fourth-order valence-electron chi connectivity index (χ4n) is 6.62. The van der Waals surface area contributed by atoms with Gasteiger partial charge in [0.1, 0.15) is 0 Å². The van der Waals surface area contributed by atoms with Gasteiger partial charge < -0.3 is 19.8 Å². The molecule has 6 aromatic carbocycles. The van der Waals surface area contributed by atoms with Crippen LogP contribution in [0, 0.1) is 12.7 Å². The van der Waals surface area contributed by atoms with E-state index in [-0.39, 0.29) is 20.1 Å². The van der Waals surface area contributed by atoms with Gasteiger partial charge in [-0.15, -0.1) is 5.56 Å². The Hall–Kier alpha value is -5.03. The second-order valence-corrected chi connectivity index (χ2v) is 11.0. The largest absolute Gasteiger partial charge is 3.00 e. The Morgan fingerprint density at radius 1 is 0.705 bits per heavy atom. The molecule has 0 amide bonds. The van der Waals surface area contributed by atoms with Crippen LogP contribution in [0.15, 0.2) is 122 Å². The maximum absolute atomic E-state index is 4.58. The van der Waals surface area contributed by atoms with Crippen molar-refractivity contribution in [2.75, 3.05) is 11.9 Å². The summed E-state index contributed by atoms with van der Waals surface area (Å²) in [5, 5.41) is 8.39. The molecule has 44 heavy (non-hydrogen) atoms. The number of para-hydroxylation sites is 1. The van der Waals surface area contributed by atoms with Crippen molar-refractivity contribution in [2.45, 2.75) is 0 Å². The van der Waals surface area contributed by atoms with Gasteiger partial charge in [-0.05, 0) is 80.4 Å². The summed E-state index contributed by atoms with van der Waals surface area (Å²) in [4.78, 5) is 17.9. The first-order chi connectivity index (χ1) is 21.2. The van der Waals surface area contributed by atoms with Crippen molar-refractivity contribution in [3.8, 4) is 11.1 Å². The molecule has 8 aromatic rings. The van der Waals surface area contributed by atoms with Gasteiger partial charge in [-0.2, -0.15) is 30.9 Å². The predicted molar refractivity (Wildman–Crippen MR) is 176 cm³/mol. The van der Waals surface area contributed by atoms with Gasteiger partial charge in [0.25, 0.3) is 0 Å². The molecular weight excluding hydrogens is 719 g/mol. The fraction of sp³-hybridized carbons (Fsp3) is 0.0263. The van der Waals surface area contributed by atoms with E-state index in [4.69, 9.17) is 0 Å². The van der Waals surface area contributed by atoms with E-state index in [9.17, 15) is 0 Å². The summed E-state index contributed by atoms with van der Waals surface area (Å²) < 4.78 is 0. The number of aromatic nitrogens is 3. The molecule has 10 rings (SSSR count). The van der Waals surface area contributed by atoms with Crippen LogP contribution in [0.3, 0.4) is 0 Å². The van der Waals surface area contributed by atoms with E-state index in [1.165, 1.54) is 49.3 Å². The Labute approximate surface area is 267 Å². The molecule has 0 spiro atoms. The fourth-order valence-corrected chi connectivity index (χ4v) is 6.62. The van der Waals surface area contributed by atoms with Gasteiger partial charge in [-0.25, -0.2) is 0 Å². The SMILES string of the molecule is CN1C=C2c3ccccc3-c3ccc[c-]c3N2[CH-]1.[Ir+3].c1ccc2cc3c(ccc4c5cccnc5c5[n-]cnc5c34)cc2c1. The van der Waals surface area contributed by atoms with Crippen molar-refractivity contribution >= 4 is 65.6 Å². The van der Waals surface area contributed by atoms with Crippen LogP contribution in [0.4, 0.5) is 5.69 Å². The zero-order valence-corrected chi connectivity index (χ0v) is 26.1. The average Bonchev–Trinajstić information content (AvgIpc) is 3.71. The minimum atomic E-state index is 0. The molecule has 0 atom stereocenters. The van der Waals surface area contributed by atoms with E-state index in [1.807, 2.05) is 24.4 Å². The first-order valence-corrected chi connectivity index (χ1v) is 14.3. The number of fused-ring (bicyclic) bond motifs is 15. The van der Waals surface area contributed by atoms with E-state index < -0.39 is 0 Å². The maximum Gasteiger partial charge on any atom is 3.00 e. The minimum Gasteiger partial charge on any atom is -0.510 e. The number of pyridine rings is 1. The molecule has 0 fully saturated rings. The molecule has 0 saturated carbocycles. The quantitative estimate of drug-likeness (QED) is 0.0886. The zero-order chi connectivity index (χ0) is 28.5. The Kier molecular flexibility index (Phi) is 6.23. The van der Waals surface area contributed by atoms with Crippen molar-refractivity contribution in [1.82, 2.24) is 19.9 Å². The smallest absolute Gasteiger partial charge is 0.510 e. The average molecular weight is 743 g/mol. The monoisotopic (exact) mass is 743 g/mol. The third kappa shape index (κ3) is 3.96. The molecule has 0 N–H and O–H groups in total. The summed E-state index contributed by atoms with van der Waals surface area (Å²) in [6.07, 6.45) is 5.61. The van der Waals surface area contributed by atoms with E-state index in [2.05, 4.69) is 136 Å². The van der Waals surface area contributed by atoms with Gasteiger partial charge in [0.05, 0.1) is 5.52 Å². The Bertz CT molecular complexity index is 2430. The Morgan fingerprint density at radius 2 is 1.50 bits per heavy atom. The van der Waals surface area contributed by atoms with Crippen LogP contribution in [0.2, 0.25) is 0 Å². The van der Waals surface area contributed by atoms with Crippen molar-refractivity contribution < 1.29 is 20.1 Å². The number of benzene rings is 6. The first kappa shape index (κ1) is 26.6. The molecule has 2 aliphatic rings. The summed E-state index contributed by atoms with van der Waals surface area (Å²) in [6.45, 7) is 2.10. The van der Waals surface area contributed by atoms with Crippen LogP contribution >= 0.6 is 0 Å².